The van der Waals surface area contributed by atoms with E-state index < -0.39 is 0 Å². The summed E-state index contributed by atoms with van der Waals surface area (Å²) in [4.78, 5) is 14.1. The predicted octanol–water partition coefficient (Wildman–Crippen LogP) is 2.89. The molecule has 5 heteroatoms. The standard InChI is InChI=1S/C17H20ClN3O/c1-20-17(22)16(18)15(12-19-20)21-9-7-14(8-10-21)11-13-5-3-2-4-6-13/h2-6,12,14H,7-11H2,1H3. The number of piperidine rings is 1. The molecule has 0 unspecified atom stereocenters. The molecule has 0 saturated carbocycles. The van der Waals surface area contributed by atoms with Crippen LogP contribution in [0.2, 0.25) is 5.02 Å². The number of halogens is 1. The van der Waals surface area contributed by atoms with Gasteiger partial charge < -0.3 is 4.90 Å². The molecule has 0 aliphatic carbocycles. The van der Waals surface area contributed by atoms with Crippen LogP contribution in [0.15, 0.2) is 41.3 Å². The summed E-state index contributed by atoms with van der Waals surface area (Å²) in [7, 11) is 1.62. The van der Waals surface area contributed by atoms with Crippen molar-refractivity contribution in [3.05, 3.63) is 57.5 Å². The lowest BCUT2D eigenvalue weighted by atomic mass is 9.90. The van der Waals surface area contributed by atoms with E-state index in [9.17, 15) is 4.79 Å². The van der Waals surface area contributed by atoms with E-state index in [-0.39, 0.29) is 10.6 Å². The van der Waals surface area contributed by atoms with Crippen LogP contribution >= 0.6 is 11.6 Å². The maximum absolute atomic E-state index is 11.9. The van der Waals surface area contributed by atoms with Crippen molar-refractivity contribution in [2.75, 3.05) is 18.0 Å². The lowest BCUT2D eigenvalue weighted by molar-refractivity contribution is 0.403. The van der Waals surface area contributed by atoms with Crippen molar-refractivity contribution in [1.82, 2.24) is 9.78 Å². The van der Waals surface area contributed by atoms with E-state index in [0.29, 0.717) is 5.92 Å². The Morgan fingerprint density at radius 1 is 1.23 bits per heavy atom. The quantitative estimate of drug-likeness (QED) is 0.873. The van der Waals surface area contributed by atoms with Gasteiger partial charge in [0.15, 0.2) is 0 Å². The van der Waals surface area contributed by atoms with Gasteiger partial charge in [-0.2, -0.15) is 5.10 Å². The molecule has 1 aliphatic rings. The van der Waals surface area contributed by atoms with Crippen molar-refractivity contribution >= 4 is 17.3 Å². The Hall–Kier alpha value is -1.81. The summed E-state index contributed by atoms with van der Waals surface area (Å²) in [6.45, 7) is 1.85. The highest BCUT2D eigenvalue weighted by atomic mass is 35.5. The Balaban J connectivity index is 1.65. The van der Waals surface area contributed by atoms with Crippen LogP contribution in [-0.2, 0) is 13.5 Å². The molecule has 2 aromatic rings. The Morgan fingerprint density at radius 3 is 2.59 bits per heavy atom. The highest BCUT2D eigenvalue weighted by Crippen LogP contribution is 2.28. The van der Waals surface area contributed by atoms with Gasteiger partial charge >= 0.3 is 0 Å². The fourth-order valence-electron chi connectivity index (χ4n) is 3.05. The molecule has 1 saturated heterocycles. The number of aryl methyl sites for hydroxylation is 1. The molecule has 2 heterocycles. The molecule has 22 heavy (non-hydrogen) atoms. The zero-order valence-electron chi connectivity index (χ0n) is 12.7. The topological polar surface area (TPSA) is 38.1 Å². The third kappa shape index (κ3) is 3.17. The molecule has 4 nitrogen and oxygen atoms in total. The van der Waals surface area contributed by atoms with Gasteiger partial charge in [-0.05, 0) is 30.7 Å². The minimum atomic E-state index is -0.231. The lowest BCUT2D eigenvalue weighted by Gasteiger charge is -2.33. The minimum absolute atomic E-state index is 0.231. The van der Waals surface area contributed by atoms with Crippen LogP contribution in [0, 0.1) is 5.92 Å². The van der Waals surface area contributed by atoms with Crippen molar-refractivity contribution in [2.45, 2.75) is 19.3 Å². The van der Waals surface area contributed by atoms with E-state index in [2.05, 4.69) is 40.3 Å². The van der Waals surface area contributed by atoms with Gasteiger partial charge in [-0.25, -0.2) is 4.68 Å². The second-order valence-corrected chi connectivity index (χ2v) is 6.27. The zero-order chi connectivity index (χ0) is 15.5. The van der Waals surface area contributed by atoms with Gasteiger partial charge in [0.05, 0.1) is 11.9 Å². The average molecular weight is 318 g/mol. The summed E-state index contributed by atoms with van der Waals surface area (Å²) in [5.74, 6) is 0.692. The van der Waals surface area contributed by atoms with Crippen molar-refractivity contribution in [2.24, 2.45) is 13.0 Å². The van der Waals surface area contributed by atoms with Crippen molar-refractivity contribution in [1.29, 1.82) is 0 Å². The highest BCUT2D eigenvalue weighted by Gasteiger charge is 2.22. The summed E-state index contributed by atoms with van der Waals surface area (Å²) in [6, 6.07) is 10.6. The number of aromatic nitrogens is 2. The SMILES string of the molecule is Cn1ncc(N2CCC(Cc3ccccc3)CC2)c(Cl)c1=O. The summed E-state index contributed by atoms with van der Waals surface area (Å²) >= 11 is 6.18. The van der Waals surface area contributed by atoms with Gasteiger partial charge in [-0.3, -0.25) is 4.79 Å². The smallest absolute Gasteiger partial charge is 0.287 e. The molecule has 0 bridgehead atoms. The molecule has 0 spiro atoms. The normalized spacial score (nSPS) is 16.0. The monoisotopic (exact) mass is 317 g/mol. The van der Waals surface area contributed by atoms with E-state index in [0.717, 1.165) is 38.0 Å². The molecule has 0 N–H and O–H groups in total. The molecule has 3 rings (SSSR count). The number of hydrogen-bond acceptors (Lipinski definition) is 3. The van der Waals surface area contributed by atoms with Crippen molar-refractivity contribution in [3.8, 4) is 0 Å². The molecule has 116 valence electrons. The average Bonchev–Trinajstić information content (AvgIpc) is 2.55. The molecule has 0 radical (unpaired) electrons. The van der Waals surface area contributed by atoms with E-state index in [1.165, 1.54) is 10.2 Å². The molecule has 1 aromatic heterocycles. The molecule has 1 aromatic carbocycles. The minimum Gasteiger partial charge on any atom is -0.369 e. The van der Waals surface area contributed by atoms with E-state index in [1.807, 2.05) is 0 Å². The van der Waals surface area contributed by atoms with Gasteiger partial charge in [0.25, 0.3) is 5.56 Å². The van der Waals surface area contributed by atoms with Gasteiger partial charge in [0, 0.05) is 20.1 Å². The summed E-state index contributed by atoms with van der Waals surface area (Å²) in [6.07, 6.45) is 5.04. The maximum Gasteiger partial charge on any atom is 0.287 e. The summed E-state index contributed by atoms with van der Waals surface area (Å²) in [5, 5.41) is 4.36. The Bertz CT molecular complexity index is 691. The molecule has 0 amide bonds. The van der Waals surface area contributed by atoms with Gasteiger partial charge in [0.2, 0.25) is 0 Å². The Kier molecular flexibility index (Phi) is 4.48. The maximum atomic E-state index is 11.9. The molecular formula is C17H20ClN3O. The third-order valence-electron chi connectivity index (χ3n) is 4.38. The van der Waals surface area contributed by atoms with Crippen LogP contribution in [0.5, 0.6) is 0 Å². The Labute approximate surface area is 135 Å². The third-order valence-corrected chi connectivity index (χ3v) is 4.74. The molecular weight excluding hydrogens is 298 g/mol. The molecule has 1 aliphatic heterocycles. The van der Waals surface area contributed by atoms with Crippen LogP contribution in [0.25, 0.3) is 0 Å². The molecule has 0 atom stereocenters. The Morgan fingerprint density at radius 2 is 1.91 bits per heavy atom. The largest absolute Gasteiger partial charge is 0.369 e. The van der Waals surface area contributed by atoms with Gasteiger partial charge in [0.1, 0.15) is 5.02 Å². The number of nitrogens with zero attached hydrogens (tertiary/aromatic N) is 3. The van der Waals surface area contributed by atoms with Crippen LogP contribution in [-0.4, -0.2) is 22.9 Å². The zero-order valence-corrected chi connectivity index (χ0v) is 13.5. The number of rotatable bonds is 3. The number of benzene rings is 1. The van der Waals surface area contributed by atoms with Crippen LogP contribution in [0.1, 0.15) is 18.4 Å². The first-order valence-electron chi connectivity index (χ1n) is 7.66. The second-order valence-electron chi connectivity index (χ2n) is 5.89. The summed E-state index contributed by atoms with van der Waals surface area (Å²) < 4.78 is 1.27. The first-order valence-corrected chi connectivity index (χ1v) is 8.03. The summed E-state index contributed by atoms with van der Waals surface area (Å²) in [5.41, 5.74) is 1.93. The van der Waals surface area contributed by atoms with Crippen LogP contribution in [0.4, 0.5) is 5.69 Å². The van der Waals surface area contributed by atoms with Crippen LogP contribution in [0.3, 0.4) is 0 Å². The van der Waals surface area contributed by atoms with Crippen molar-refractivity contribution in [3.63, 3.8) is 0 Å². The first-order chi connectivity index (χ1) is 10.6. The van der Waals surface area contributed by atoms with E-state index >= 15 is 0 Å². The fraction of sp³-hybridized carbons (Fsp3) is 0.412. The fourth-order valence-corrected chi connectivity index (χ4v) is 3.34. The van der Waals surface area contributed by atoms with Crippen LogP contribution < -0.4 is 10.5 Å². The molecule has 1 fully saturated rings. The number of anilines is 1. The second kappa shape index (κ2) is 6.53. The van der Waals surface area contributed by atoms with Gasteiger partial charge in [-0.15, -0.1) is 0 Å². The number of hydrogen-bond donors (Lipinski definition) is 0. The van der Waals surface area contributed by atoms with E-state index in [4.69, 9.17) is 11.6 Å². The highest BCUT2D eigenvalue weighted by molar-refractivity contribution is 6.33. The lowest BCUT2D eigenvalue weighted by Crippen LogP contribution is -2.36. The van der Waals surface area contributed by atoms with Gasteiger partial charge in [-0.1, -0.05) is 41.9 Å². The first kappa shape index (κ1) is 15.1. The van der Waals surface area contributed by atoms with E-state index in [1.54, 1.807) is 13.2 Å². The van der Waals surface area contributed by atoms with Crippen molar-refractivity contribution < 1.29 is 0 Å². The predicted molar refractivity (Wildman–Crippen MR) is 89.6 cm³/mol.